The quantitative estimate of drug-likeness (QED) is 0.215. The second-order valence-corrected chi connectivity index (χ2v) is 9.42. The molecule has 0 atom stereocenters. The maximum atomic E-state index is 6.32. The molecular formula is C23H40O3Si. The molecule has 0 amide bonds. The lowest BCUT2D eigenvalue weighted by atomic mass is 10.2. The van der Waals surface area contributed by atoms with Gasteiger partial charge in [-0.25, -0.2) is 0 Å². The summed E-state index contributed by atoms with van der Waals surface area (Å²) in [4.78, 5) is 0. The van der Waals surface area contributed by atoms with Crippen molar-refractivity contribution in [2.75, 3.05) is 19.8 Å². The second kappa shape index (κ2) is 16.1. The van der Waals surface area contributed by atoms with Crippen molar-refractivity contribution in [3.05, 3.63) is 41.6 Å². The molecule has 0 saturated carbocycles. The van der Waals surface area contributed by atoms with Crippen LogP contribution in [0, 0.1) is 0 Å². The Morgan fingerprint density at radius 2 is 1.11 bits per heavy atom. The molecule has 0 heterocycles. The summed E-state index contributed by atoms with van der Waals surface area (Å²) in [5, 5.41) is 0. The summed E-state index contributed by atoms with van der Waals surface area (Å²) in [6, 6.07) is 10.3. The van der Waals surface area contributed by atoms with E-state index in [4.69, 9.17) is 13.3 Å². The molecule has 3 nitrogen and oxygen atoms in total. The van der Waals surface area contributed by atoms with Gasteiger partial charge in [0.05, 0.1) is 0 Å². The van der Waals surface area contributed by atoms with Gasteiger partial charge in [-0.05, 0) is 30.5 Å². The highest BCUT2D eigenvalue weighted by atomic mass is 28.4. The van der Waals surface area contributed by atoms with E-state index in [0.29, 0.717) is 19.8 Å². The van der Waals surface area contributed by atoms with Crippen LogP contribution in [-0.4, -0.2) is 28.6 Å². The molecule has 0 fully saturated rings. The molecule has 154 valence electrons. The first kappa shape index (κ1) is 24.1. The van der Waals surface area contributed by atoms with E-state index in [0.717, 1.165) is 24.8 Å². The van der Waals surface area contributed by atoms with Crippen LogP contribution < -0.4 is 0 Å². The topological polar surface area (TPSA) is 27.7 Å². The predicted octanol–water partition coefficient (Wildman–Crippen LogP) is 6.80. The van der Waals surface area contributed by atoms with Crippen LogP contribution in [0.2, 0.25) is 0 Å². The van der Waals surface area contributed by atoms with Crippen molar-refractivity contribution in [2.45, 2.75) is 78.6 Å². The molecule has 0 aliphatic rings. The molecule has 0 saturated heterocycles. The van der Waals surface area contributed by atoms with Crippen LogP contribution in [0.5, 0.6) is 0 Å². The molecular weight excluding hydrogens is 352 g/mol. The summed E-state index contributed by atoms with van der Waals surface area (Å²) >= 11 is 0. The molecule has 0 radical (unpaired) electrons. The average Bonchev–Trinajstić information content (AvgIpc) is 2.71. The zero-order valence-corrected chi connectivity index (χ0v) is 18.8. The minimum Gasteiger partial charge on any atom is -0.370 e. The summed E-state index contributed by atoms with van der Waals surface area (Å²) in [6.07, 6.45) is 12.4. The van der Waals surface area contributed by atoms with Crippen molar-refractivity contribution in [2.24, 2.45) is 0 Å². The summed E-state index contributed by atoms with van der Waals surface area (Å²) in [7, 11) is -2.81. The van der Waals surface area contributed by atoms with E-state index in [1.54, 1.807) is 0 Å². The van der Waals surface area contributed by atoms with Crippen LogP contribution in [0.25, 0.3) is 6.08 Å². The Hall–Kier alpha value is -0.943. The standard InChI is InChI=1S/C23H40O3Si/c1-4-7-13-19-24-27(25-20-14-8-5-2,26-21-15-9-6-3)22-18-23-16-11-10-12-17-23/h10-12,16-18,22H,4-9,13-15,19-21H2,1-3H3. The lowest BCUT2D eigenvalue weighted by Crippen LogP contribution is -2.45. The smallest absolute Gasteiger partial charge is 0.370 e. The molecule has 1 aromatic rings. The van der Waals surface area contributed by atoms with Gasteiger partial charge in [0.15, 0.2) is 0 Å². The molecule has 0 bridgehead atoms. The molecule has 0 aliphatic heterocycles. The van der Waals surface area contributed by atoms with E-state index >= 15 is 0 Å². The molecule has 0 aliphatic carbocycles. The van der Waals surface area contributed by atoms with E-state index in [2.05, 4.69) is 56.8 Å². The zero-order chi connectivity index (χ0) is 19.6. The van der Waals surface area contributed by atoms with Gasteiger partial charge in [-0.1, -0.05) is 95.7 Å². The SMILES string of the molecule is CCCCCO[Si](C=Cc1ccccc1)(OCCCCC)OCCCCC. The number of hydrogen-bond acceptors (Lipinski definition) is 3. The fourth-order valence-corrected chi connectivity index (χ4v) is 4.95. The minimum atomic E-state index is -2.81. The van der Waals surface area contributed by atoms with Gasteiger partial charge in [0.25, 0.3) is 0 Å². The van der Waals surface area contributed by atoms with E-state index in [1.807, 2.05) is 6.07 Å². The maximum absolute atomic E-state index is 6.32. The third-order valence-electron chi connectivity index (χ3n) is 4.43. The van der Waals surface area contributed by atoms with Crippen molar-refractivity contribution in [3.63, 3.8) is 0 Å². The lowest BCUT2D eigenvalue weighted by Gasteiger charge is -2.27. The van der Waals surface area contributed by atoms with Crippen LogP contribution in [-0.2, 0) is 13.3 Å². The Kier molecular flexibility index (Phi) is 14.3. The molecule has 0 spiro atoms. The van der Waals surface area contributed by atoms with Crippen LogP contribution in [0.1, 0.15) is 84.1 Å². The van der Waals surface area contributed by atoms with Crippen LogP contribution in [0.3, 0.4) is 0 Å². The van der Waals surface area contributed by atoms with Crippen molar-refractivity contribution >= 4 is 14.9 Å². The Labute approximate surface area is 168 Å². The summed E-state index contributed by atoms with van der Waals surface area (Å²) in [5.41, 5.74) is 3.24. The number of rotatable bonds is 17. The highest BCUT2D eigenvalue weighted by Crippen LogP contribution is 2.18. The van der Waals surface area contributed by atoms with Gasteiger partial charge in [0.2, 0.25) is 0 Å². The summed E-state index contributed by atoms with van der Waals surface area (Å²) in [5.74, 6) is 0. The van der Waals surface area contributed by atoms with Gasteiger partial charge in [0, 0.05) is 19.8 Å². The summed E-state index contributed by atoms with van der Waals surface area (Å²) in [6.45, 7) is 8.76. The normalized spacial score (nSPS) is 12.1. The Bertz CT molecular complexity index is 444. The van der Waals surface area contributed by atoms with E-state index in [1.165, 1.54) is 38.5 Å². The highest BCUT2D eigenvalue weighted by Gasteiger charge is 2.38. The van der Waals surface area contributed by atoms with Gasteiger partial charge in [-0.3, -0.25) is 0 Å². The average molecular weight is 393 g/mol. The van der Waals surface area contributed by atoms with Crippen molar-refractivity contribution in [1.82, 2.24) is 0 Å². The molecule has 27 heavy (non-hydrogen) atoms. The van der Waals surface area contributed by atoms with Crippen molar-refractivity contribution < 1.29 is 13.3 Å². The third-order valence-corrected chi connectivity index (χ3v) is 6.83. The van der Waals surface area contributed by atoms with Gasteiger partial charge in [-0.2, -0.15) is 0 Å². The molecule has 1 aromatic carbocycles. The maximum Gasteiger partial charge on any atom is 0.529 e. The zero-order valence-electron chi connectivity index (χ0n) is 17.8. The first-order valence-corrected chi connectivity index (χ1v) is 12.7. The van der Waals surface area contributed by atoms with Crippen LogP contribution >= 0.6 is 0 Å². The molecule has 0 unspecified atom stereocenters. The monoisotopic (exact) mass is 392 g/mol. The third kappa shape index (κ3) is 11.5. The van der Waals surface area contributed by atoms with Gasteiger partial charge < -0.3 is 13.3 Å². The largest absolute Gasteiger partial charge is 0.529 e. The van der Waals surface area contributed by atoms with E-state index in [9.17, 15) is 0 Å². The molecule has 4 heteroatoms. The first-order valence-electron chi connectivity index (χ1n) is 10.9. The van der Waals surface area contributed by atoms with Gasteiger partial charge >= 0.3 is 8.80 Å². The predicted molar refractivity (Wildman–Crippen MR) is 118 cm³/mol. The fraction of sp³-hybridized carbons (Fsp3) is 0.652. The number of hydrogen-bond donors (Lipinski definition) is 0. The van der Waals surface area contributed by atoms with Crippen LogP contribution in [0.15, 0.2) is 36.0 Å². The Balaban J connectivity index is 2.83. The van der Waals surface area contributed by atoms with Gasteiger partial charge in [0.1, 0.15) is 0 Å². The Morgan fingerprint density at radius 1 is 0.667 bits per heavy atom. The lowest BCUT2D eigenvalue weighted by molar-refractivity contribution is 0.0678. The molecule has 0 N–H and O–H groups in total. The fourth-order valence-electron chi connectivity index (χ4n) is 2.73. The molecule has 1 rings (SSSR count). The Morgan fingerprint density at radius 3 is 1.52 bits per heavy atom. The van der Waals surface area contributed by atoms with E-state index in [-0.39, 0.29) is 0 Å². The van der Waals surface area contributed by atoms with Crippen molar-refractivity contribution in [1.29, 1.82) is 0 Å². The summed E-state index contributed by atoms with van der Waals surface area (Å²) < 4.78 is 19.0. The second-order valence-electron chi connectivity index (χ2n) is 7.01. The van der Waals surface area contributed by atoms with Crippen molar-refractivity contribution in [3.8, 4) is 0 Å². The number of benzene rings is 1. The number of unbranched alkanes of at least 4 members (excludes halogenated alkanes) is 6. The minimum absolute atomic E-state index is 0.709. The van der Waals surface area contributed by atoms with E-state index < -0.39 is 8.80 Å². The van der Waals surface area contributed by atoms with Gasteiger partial charge in [-0.15, -0.1) is 0 Å². The highest BCUT2D eigenvalue weighted by molar-refractivity contribution is 6.67. The first-order chi connectivity index (χ1) is 13.3. The molecule has 0 aromatic heterocycles. The van der Waals surface area contributed by atoms with Crippen LogP contribution in [0.4, 0.5) is 0 Å².